The molecular weight excluding hydrogens is 410 g/mol. The van der Waals surface area contributed by atoms with Gasteiger partial charge in [0, 0.05) is 6.54 Å². The maximum absolute atomic E-state index is 12.3. The maximum Gasteiger partial charge on any atom is 0.343 e. The molecule has 0 saturated heterocycles. The highest BCUT2D eigenvalue weighted by molar-refractivity contribution is 6.35. The van der Waals surface area contributed by atoms with Crippen LogP contribution in [0.25, 0.3) is 0 Å². The Bertz CT molecular complexity index is 1130. The molecule has 0 saturated carbocycles. The summed E-state index contributed by atoms with van der Waals surface area (Å²) in [4.78, 5) is 36.0. The highest BCUT2D eigenvalue weighted by Gasteiger charge is 2.12. The summed E-state index contributed by atoms with van der Waals surface area (Å²) < 4.78 is 10.5. The third-order valence-electron chi connectivity index (χ3n) is 4.26. The van der Waals surface area contributed by atoms with Gasteiger partial charge in [0.1, 0.15) is 11.5 Å². The molecule has 0 radical (unpaired) electrons. The lowest BCUT2D eigenvalue weighted by atomic mass is 10.2. The first-order valence-corrected chi connectivity index (χ1v) is 9.66. The maximum atomic E-state index is 12.3. The number of nitrogens with one attached hydrogen (secondary N) is 2. The summed E-state index contributed by atoms with van der Waals surface area (Å²) in [5.74, 6) is -1.39. The normalized spacial score (nSPS) is 10.4. The monoisotopic (exact) mass is 431 g/mol. The van der Waals surface area contributed by atoms with E-state index in [1.54, 1.807) is 48.5 Å². The Hall–Kier alpha value is -4.46. The molecule has 0 aromatic heterocycles. The van der Waals surface area contributed by atoms with Crippen LogP contribution in [0.4, 0.5) is 0 Å². The Morgan fingerprint density at radius 1 is 0.875 bits per heavy atom. The zero-order valence-electron chi connectivity index (χ0n) is 17.3. The Labute approximate surface area is 184 Å². The van der Waals surface area contributed by atoms with Crippen LogP contribution in [0, 0.1) is 0 Å². The summed E-state index contributed by atoms with van der Waals surface area (Å²) >= 11 is 0. The van der Waals surface area contributed by atoms with E-state index in [-0.39, 0.29) is 6.54 Å². The molecule has 8 heteroatoms. The second kappa shape index (κ2) is 11.1. The molecule has 0 spiro atoms. The van der Waals surface area contributed by atoms with Crippen LogP contribution in [-0.4, -0.2) is 31.1 Å². The summed E-state index contributed by atoms with van der Waals surface area (Å²) in [5, 5.41) is 6.29. The fourth-order valence-electron chi connectivity index (χ4n) is 2.65. The van der Waals surface area contributed by atoms with Gasteiger partial charge in [-0.3, -0.25) is 9.59 Å². The van der Waals surface area contributed by atoms with Crippen molar-refractivity contribution < 1.29 is 23.9 Å². The van der Waals surface area contributed by atoms with Crippen molar-refractivity contribution in [3.05, 3.63) is 95.6 Å². The van der Waals surface area contributed by atoms with Crippen LogP contribution in [0.3, 0.4) is 0 Å². The average molecular weight is 431 g/mol. The number of methoxy groups -OCH3 is 1. The molecule has 0 aliphatic carbocycles. The van der Waals surface area contributed by atoms with Gasteiger partial charge in [0.25, 0.3) is 0 Å². The van der Waals surface area contributed by atoms with Crippen LogP contribution in [0.15, 0.2) is 84.0 Å². The Balaban J connectivity index is 1.52. The third kappa shape index (κ3) is 6.53. The van der Waals surface area contributed by atoms with Gasteiger partial charge in [0.15, 0.2) is 0 Å². The van der Waals surface area contributed by atoms with E-state index in [1.165, 1.54) is 13.3 Å². The van der Waals surface area contributed by atoms with E-state index in [4.69, 9.17) is 9.47 Å². The number of carbonyl (C=O) groups is 3. The number of hydrogen-bond acceptors (Lipinski definition) is 6. The topological polar surface area (TPSA) is 106 Å². The number of hydrazone groups is 1. The molecule has 0 bridgehead atoms. The van der Waals surface area contributed by atoms with Crippen LogP contribution in [0.5, 0.6) is 11.5 Å². The molecule has 162 valence electrons. The number of amides is 2. The lowest BCUT2D eigenvalue weighted by molar-refractivity contribution is -0.139. The number of esters is 1. The number of ether oxygens (including phenoxy) is 2. The van der Waals surface area contributed by atoms with E-state index >= 15 is 0 Å². The summed E-state index contributed by atoms with van der Waals surface area (Å²) in [7, 11) is 1.51. The summed E-state index contributed by atoms with van der Waals surface area (Å²) in [5.41, 5.74) is 3.94. The molecule has 0 aliphatic rings. The van der Waals surface area contributed by atoms with Gasteiger partial charge in [-0.05, 0) is 41.5 Å². The number of nitrogens with zero attached hydrogens (tertiary/aromatic N) is 1. The minimum absolute atomic E-state index is 0.234. The minimum Gasteiger partial charge on any atom is -0.497 e. The molecule has 0 fully saturated rings. The van der Waals surface area contributed by atoms with E-state index in [1.807, 2.05) is 30.3 Å². The quantitative estimate of drug-likeness (QED) is 0.197. The van der Waals surface area contributed by atoms with Crippen molar-refractivity contribution in [1.82, 2.24) is 10.7 Å². The second-order valence-corrected chi connectivity index (χ2v) is 6.56. The van der Waals surface area contributed by atoms with Crippen LogP contribution in [0.1, 0.15) is 21.5 Å². The highest BCUT2D eigenvalue weighted by atomic mass is 16.5. The van der Waals surface area contributed by atoms with Gasteiger partial charge in [0.2, 0.25) is 0 Å². The lowest BCUT2D eigenvalue weighted by Crippen LogP contribution is -2.37. The average Bonchev–Trinajstić information content (AvgIpc) is 2.83. The van der Waals surface area contributed by atoms with Crippen LogP contribution in [-0.2, 0) is 16.1 Å². The van der Waals surface area contributed by atoms with Crippen molar-refractivity contribution in [2.75, 3.05) is 7.11 Å². The first-order valence-electron chi connectivity index (χ1n) is 9.66. The molecule has 2 N–H and O–H groups in total. The lowest BCUT2D eigenvalue weighted by Gasteiger charge is -2.06. The molecule has 2 amide bonds. The van der Waals surface area contributed by atoms with Crippen LogP contribution in [0.2, 0.25) is 0 Å². The predicted molar refractivity (Wildman–Crippen MR) is 118 cm³/mol. The molecule has 3 rings (SSSR count). The van der Waals surface area contributed by atoms with Crippen molar-refractivity contribution >= 4 is 24.0 Å². The Morgan fingerprint density at radius 2 is 1.62 bits per heavy atom. The zero-order chi connectivity index (χ0) is 22.8. The SMILES string of the molecule is COc1cccc(C(=O)Oc2cccc(C=NNC(=O)C(=O)NCc3ccccc3)c2)c1. The molecule has 0 aliphatic heterocycles. The summed E-state index contributed by atoms with van der Waals surface area (Å²) in [6, 6.07) is 22.4. The minimum atomic E-state index is -0.891. The number of benzene rings is 3. The Kier molecular flexibility index (Phi) is 7.69. The van der Waals surface area contributed by atoms with Crippen molar-refractivity contribution in [1.29, 1.82) is 0 Å². The van der Waals surface area contributed by atoms with Gasteiger partial charge in [-0.25, -0.2) is 10.2 Å². The smallest absolute Gasteiger partial charge is 0.343 e. The van der Waals surface area contributed by atoms with Crippen molar-refractivity contribution in [3.8, 4) is 11.5 Å². The van der Waals surface area contributed by atoms with Gasteiger partial charge in [0.05, 0.1) is 18.9 Å². The molecule has 0 unspecified atom stereocenters. The Morgan fingerprint density at radius 3 is 2.41 bits per heavy atom. The van der Waals surface area contributed by atoms with E-state index in [2.05, 4.69) is 15.8 Å². The largest absolute Gasteiger partial charge is 0.497 e. The van der Waals surface area contributed by atoms with Crippen molar-refractivity contribution in [3.63, 3.8) is 0 Å². The zero-order valence-corrected chi connectivity index (χ0v) is 17.3. The number of hydrogen-bond donors (Lipinski definition) is 2. The molecule has 0 atom stereocenters. The molecule has 3 aromatic carbocycles. The van der Waals surface area contributed by atoms with Gasteiger partial charge in [-0.1, -0.05) is 48.5 Å². The van der Waals surface area contributed by atoms with Crippen molar-refractivity contribution in [2.45, 2.75) is 6.54 Å². The fraction of sp³-hybridized carbons (Fsp3) is 0.0833. The van der Waals surface area contributed by atoms with Crippen LogP contribution < -0.4 is 20.2 Å². The molecule has 0 heterocycles. The highest BCUT2D eigenvalue weighted by Crippen LogP contribution is 2.17. The van der Waals surface area contributed by atoms with Gasteiger partial charge >= 0.3 is 17.8 Å². The first-order chi connectivity index (χ1) is 15.5. The van der Waals surface area contributed by atoms with Crippen molar-refractivity contribution in [2.24, 2.45) is 5.10 Å². The molecule has 8 nitrogen and oxygen atoms in total. The third-order valence-corrected chi connectivity index (χ3v) is 4.26. The first kappa shape index (κ1) is 22.2. The molecule has 32 heavy (non-hydrogen) atoms. The number of rotatable bonds is 7. The fourth-order valence-corrected chi connectivity index (χ4v) is 2.65. The predicted octanol–water partition coefficient (Wildman–Crippen LogP) is 2.68. The van der Waals surface area contributed by atoms with E-state index in [0.29, 0.717) is 22.6 Å². The summed E-state index contributed by atoms with van der Waals surface area (Å²) in [6.45, 7) is 0.234. The summed E-state index contributed by atoms with van der Waals surface area (Å²) in [6.07, 6.45) is 1.34. The molecular formula is C24H21N3O5. The van der Waals surface area contributed by atoms with Gasteiger partial charge in [-0.15, -0.1) is 0 Å². The standard InChI is InChI=1S/C24H21N3O5/c1-31-20-11-6-10-19(14-20)24(30)32-21-12-5-9-18(13-21)16-26-27-23(29)22(28)25-15-17-7-3-2-4-8-17/h2-14,16H,15H2,1H3,(H,25,28)(H,27,29). The van der Waals surface area contributed by atoms with E-state index in [9.17, 15) is 14.4 Å². The van der Waals surface area contributed by atoms with Gasteiger partial charge in [-0.2, -0.15) is 5.10 Å². The van der Waals surface area contributed by atoms with E-state index < -0.39 is 17.8 Å². The van der Waals surface area contributed by atoms with Crippen LogP contribution >= 0.6 is 0 Å². The molecule has 3 aromatic rings. The second-order valence-electron chi connectivity index (χ2n) is 6.56. The number of carbonyl (C=O) groups excluding carboxylic acids is 3. The van der Waals surface area contributed by atoms with Gasteiger partial charge < -0.3 is 14.8 Å². The van der Waals surface area contributed by atoms with E-state index in [0.717, 1.165) is 5.56 Å².